The van der Waals surface area contributed by atoms with E-state index in [4.69, 9.17) is 4.74 Å². The average molecular weight is 181 g/mol. The number of ether oxygens (including phenoxy) is 1. The molecule has 1 aliphatic heterocycles. The maximum atomic E-state index is 11.3. The Kier molecular flexibility index (Phi) is 3.23. The van der Waals surface area contributed by atoms with Gasteiger partial charge in [0, 0.05) is 6.21 Å². The van der Waals surface area contributed by atoms with Crippen molar-refractivity contribution in [1.82, 2.24) is 0 Å². The maximum Gasteiger partial charge on any atom is 0.339 e. The van der Waals surface area contributed by atoms with Gasteiger partial charge in [0.25, 0.3) is 0 Å². The van der Waals surface area contributed by atoms with Crippen molar-refractivity contribution < 1.29 is 9.53 Å². The molecule has 0 fully saturated rings. The molecule has 3 heteroatoms. The van der Waals surface area contributed by atoms with Gasteiger partial charge in [0.2, 0.25) is 0 Å². The Bertz CT molecular complexity index is 266. The van der Waals surface area contributed by atoms with Gasteiger partial charge in [-0.15, -0.1) is 0 Å². The topological polar surface area (TPSA) is 38.7 Å². The fourth-order valence-electron chi connectivity index (χ4n) is 1.35. The second-order valence-corrected chi connectivity index (χ2v) is 3.25. The quantitative estimate of drug-likeness (QED) is 0.608. The van der Waals surface area contributed by atoms with Crippen molar-refractivity contribution in [3.8, 4) is 0 Å². The SMILES string of the molecule is CCOC(=O)C1=C(C)CC(C)N=C1. The van der Waals surface area contributed by atoms with E-state index in [2.05, 4.69) is 4.99 Å². The molecule has 0 saturated heterocycles. The van der Waals surface area contributed by atoms with Gasteiger partial charge < -0.3 is 4.74 Å². The maximum absolute atomic E-state index is 11.3. The Morgan fingerprint density at radius 2 is 2.46 bits per heavy atom. The first-order valence-corrected chi connectivity index (χ1v) is 4.55. The third-order valence-corrected chi connectivity index (χ3v) is 2.01. The van der Waals surface area contributed by atoms with E-state index in [1.807, 2.05) is 13.8 Å². The van der Waals surface area contributed by atoms with E-state index < -0.39 is 0 Å². The molecule has 1 unspecified atom stereocenters. The molecule has 0 bridgehead atoms. The monoisotopic (exact) mass is 181 g/mol. The van der Waals surface area contributed by atoms with Crippen molar-refractivity contribution >= 4 is 12.2 Å². The minimum absolute atomic E-state index is 0.254. The van der Waals surface area contributed by atoms with Gasteiger partial charge in [0.15, 0.2) is 0 Å². The van der Waals surface area contributed by atoms with Gasteiger partial charge in [0.1, 0.15) is 0 Å². The summed E-state index contributed by atoms with van der Waals surface area (Å²) >= 11 is 0. The van der Waals surface area contributed by atoms with E-state index in [0.717, 1.165) is 12.0 Å². The molecule has 1 heterocycles. The highest BCUT2D eigenvalue weighted by molar-refractivity contribution is 6.10. The number of dihydropyridines is 1. The van der Waals surface area contributed by atoms with Crippen molar-refractivity contribution in [2.45, 2.75) is 33.2 Å². The molecule has 1 atom stereocenters. The second-order valence-electron chi connectivity index (χ2n) is 3.25. The van der Waals surface area contributed by atoms with Crippen LogP contribution in [0.5, 0.6) is 0 Å². The first kappa shape index (κ1) is 9.96. The third kappa shape index (κ3) is 2.41. The van der Waals surface area contributed by atoms with Crippen LogP contribution >= 0.6 is 0 Å². The molecule has 0 radical (unpaired) electrons. The third-order valence-electron chi connectivity index (χ3n) is 2.01. The highest BCUT2D eigenvalue weighted by atomic mass is 16.5. The van der Waals surface area contributed by atoms with Crippen LogP contribution in [0, 0.1) is 0 Å². The standard InChI is InChI=1S/C10H15NO2/c1-4-13-10(12)9-6-11-8(3)5-7(9)2/h6,8H,4-5H2,1-3H3. The van der Waals surface area contributed by atoms with E-state index in [-0.39, 0.29) is 12.0 Å². The summed E-state index contributed by atoms with van der Waals surface area (Å²) in [7, 11) is 0. The van der Waals surface area contributed by atoms with Gasteiger partial charge in [-0.25, -0.2) is 4.79 Å². The van der Waals surface area contributed by atoms with Crippen molar-refractivity contribution in [1.29, 1.82) is 0 Å². The van der Waals surface area contributed by atoms with Gasteiger partial charge in [-0.05, 0) is 27.2 Å². The molecule has 0 aromatic heterocycles. The minimum atomic E-state index is -0.254. The lowest BCUT2D eigenvalue weighted by atomic mass is 10.0. The lowest BCUT2D eigenvalue weighted by Crippen LogP contribution is -2.16. The predicted octanol–water partition coefficient (Wildman–Crippen LogP) is 1.73. The van der Waals surface area contributed by atoms with Crippen LogP contribution in [-0.2, 0) is 9.53 Å². The van der Waals surface area contributed by atoms with Crippen LogP contribution in [0.15, 0.2) is 16.1 Å². The van der Waals surface area contributed by atoms with E-state index in [1.54, 1.807) is 13.1 Å². The summed E-state index contributed by atoms with van der Waals surface area (Å²) < 4.78 is 4.90. The molecule has 13 heavy (non-hydrogen) atoms. The fourth-order valence-corrected chi connectivity index (χ4v) is 1.35. The van der Waals surface area contributed by atoms with Crippen LogP contribution < -0.4 is 0 Å². The summed E-state index contributed by atoms with van der Waals surface area (Å²) in [6.45, 7) is 6.20. The van der Waals surface area contributed by atoms with Crippen molar-refractivity contribution in [3.63, 3.8) is 0 Å². The molecule has 0 aromatic rings. The first-order chi connectivity index (χ1) is 6.15. The van der Waals surface area contributed by atoms with Crippen molar-refractivity contribution in [2.75, 3.05) is 6.61 Å². The van der Waals surface area contributed by atoms with Crippen LogP contribution in [0.25, 0.3) is 0 Å². The Hall–Kier alpha value is -1.12. The minimum Gasteiger partial charge on any atom is -0.462 e. The molecule has 0 amide bonds. The van der Waals surface area contributed by atoms with Crippen LogP contribution in [0.4, 0.5) is 0 Å². The number of nitrogens with zero attached hydrogens (tertiary/aromatic N) is 1. The molecular weight excluding hydrogens is 166 g/mol. The van der Waals surface area contributed by atoms with Crippen LogP contribution in [0.3, 0.4) is 0 Å². The highest BCUT2D eigenvalue weighted by Gasteiger charge is 2.17. The number of carbonyl (C=O) groups is 1. The van der Waals surface area contributed by atoms with Gasteiger partial charge in [-0.3, -0.25) is 4.99 Å². The molecule has 0 aliphatic carbocycles. The molecule has 0 N–H and O–H groups in total. The predicted molar refractivity (Wildman–Crippen MR) is 51.9 cm³/mol. The summed E-state index contributed by atoms with van der Waals surface area (Å²) in [6, 6.07) is 0.290. The lowest BCUT2D eigenvalue weighted by molar-refractivity contribution is -0.137. The zero-order valence-electron chi connectivity index (χ0n) is 8.33. The molecule has 0 spiro atoms. The molecule has 0 aromatic carbocycles. The van der Waals surface area contributed by atoms with Crippen LogP contribution in [0.1, 0.15) is 27.2 Å². The summed E-state index contributed by atoms with van der Waals surface area (Å²) in [4.78, 5) is 15.5. The fraction of sp³-hybridized carbons (Fsp3) is 0.600. The summed E-state index contributed by atoms with van der Waals surface area (Å²) in [6.07, 6.45) is 2.48. The molecule has 72 valence electrons. The number of rotatable bonds is 2. The highest BCUT2D eigenvalue weighted by Crippen LogP contribution is 2.17. The number of carbonyl (C=O) groups excluding carboxylic acids is 1. The Morgan fingerprint density at radius 3 is 3.00 bits per heavy atom. The second kappa shape index (κ2) is 4.21. The van der Waals surface area contributed by atoms with E-state index in [9.17, 15) is 4.79 Å². The largest absolute Gasteiger partial charge is 0.462 e. The van der Waals surface area contributed by atoms with Gasteiger partial charge in [-0.1, -0.05) is 5.57 Å². The average Bonchev–Trinajstić information content (AvgIpc) is 2.04. The Balaban J connectivity index is 2.75. The van der Waals surface area contributed by atoms with Gasteiger partial charge >= 0.3 is 5.97 Å². The van der Waals surface area contributed by atoms with E-state index >= 15 is 0 Å². The van der Waals surface area contributed by atoms with Crippen molar-refractivity contribution in [3.05, 3.63) is 11.1 Å². The molecule has 3 nitrogen and oxygen atoms in total. The summed E-state index contributed by atoms with van der Waals surface area (Å²) in [5.41, 5.74) is 1.70. The normalized spacial score (nSPS) is 21.9. The first-order valence-electron chi connectivity index (χ1n) is 4.55. The number of aliphatic imine (C=N–C) groups is 1. The molecule has 0 saturated carbocycles. The van der Waals surface area contributed by atoms with Crippen molar-refractivity contribution in [2.24, 2.45) is 4.99 Å². The van der Waals surface area contributed by atoms with Crippen LogP contribution in [-0.4, -0.2) is 24.8 Å². The Morgan fingerprint density at radius 1 is 1.77 bits per heavy atom. The summed E-state index contributed by atoms with van der Waals surface area (Å²) in [5.74, 6) is -0.254. The van der Waals surface area contributed by atoms with Gasteiger partial charge in [0.05, 0.1) is 18.2 Å². The zero-order chi connectivity index (χ0) is 9.84. The smallest absolute Gasteiger partial charge is 0.339 e. The molecular formula is C10H15NO2. The van der Waals surface area contributed by atoms with Gasteiger partial charge in [-0.2, -0.15) is 0 Å². The number of esters is 1. The van der Waals surface area contributed by atoms with Crippen LogP contribution in [0.2, 0.25) is 0 Å². The Labute approximate surface area is 78.5 Å². The molecule has 1 aliphatic rings. The lowest BCUT2D eigenvalue weighted by Gasteiger charge is -2.15. The van der Waals surface area contributed by atoms with E-state index in [0.29, 0.717) is 12.2 Å². The number of hydrogen-bond donors (Lipinski definition) is 0. The number of hydrogen-bond acceptors (Lipinski definition) is 3. The zero-order valence-corrected chi connectivity index (χ0v) is 8.33. The molecule has 1 rings (SSSR count). The summed E-state index contributed by atoms with van der Waals surface area (Å²) in [5, 5.41) is 0. The van der Waals surface area contributed by atoms with E-state index in [1.165, 1.54) is 0 Å².